The Bertz CT molecular complexity index is 551. The second kappa shape index (κ2) is 8.97. The van der Waals surface area contributed by atoms with Gasteiger partial charge in [-0.05, 0) is 44.2 Å². The predicted molar refractivity (Wildman–Crippen MR) is 97.2 cm³/mol. The van der Waals surface area contributed by atoms with Crippen molar-refractivity contribution >= 4 is 11.7 Å². The molecule has 1 aliphatic rings. The third-order valence-corrected chi connectivity index (χ3v) is 4.49. The number of nitrogens with one attached hydrogen (secondary N) is 2. The topological polar surface area (TPSA) is 58.2 Å². The summed E-state index contributed by atoms with van der Waals surface area (Å²) in [7, 11) is 0. The van der Waals surface area contributed by atoms with Gasteiger partial charge >= 0.3 is 0 Å². The standard InChI is InChI=1S/C20H30N2O2/c1-14(2)12-16-4-6-17(7-5-16)19(23)8-9-20(24)22-18-10-11-21-15(3)13-18/h4-7,14-15,18,21H,8-13H2,1-3H3,(H,22,24). The Morgan fingerprint density at radius 2 is 1.92 bits per heavy atom. The molecule has 132 valence electrons. The minimum atomic E-state index is -0.0149. The lowest BCUT2D eigenvalue weighted by Crippen LogP contribution is -2.46. The zero-order valence-electron chi connectivity index (χ0n) is 15.1. The van der Waals surface area contributed by atoms with Crippen molar-refractivity contribution in [3.05, 3.63) is 35.4 Å². The lowest BCUT2D eigenvalue weighted by Gasteiger charge is -2.28. The van der Waals surface area contributed by atoms with Gasteiger partial charge in [-0.2, -0.15) is 0 Å². The number of piperidine rings is 1. The van der Waals surface area contributed by atoms with Crippen LogP contribution in [-0.4, -0.2) is 30.3 Å². The maximum atomic E-state index is 12.2. The summed E-state index contributed by atoms with van der Waals surface area (Å²) >= 11 is 0. The summed E-state index contributed by atoms with van der Waals surface area (Å²) in [5.74, 6) is 0.631. The minimum Gasteiger partial charge on any atom is -0.353 e. The van der Waals surface area contributed by atoms with Gasteiger partial charge in [0.05, 0.1) is 0 Å². The van der Waals surface area contributed by atoms with E-state index in [1.807, 2.05) is 24.3 Å². The molecule has 2 rings (SSSR count). The van der Waals surface area contributed by atoms with Crippen molar-refractivity contribution in [3.63, 3.8) is 0 Å². The first-order valence-electron chi connectivity index (χ1n) is 9.09. The van der Waals surface area contributed by atoms with Gasteiger partial charge in [-0.1, -0.05) is 38.1 Å². The number of rotatable bonds is 7. The lowest BCUT2D eigenvalue weighted by atomic mass is 9.99. The first kappa shape index (κ1) is 18.7. The fraction of sp³-hybridized carbons (Fsp3) is 0.600. The third-order valence-electron chi connectivity index (χ3n) is 4.49. The average molecular weight is 330 g/mol. The number of hydrogen-bond acceptors (Lipinski definition) is 3. The van der Waals surface area contributed by atoms with Crippen LogP contribution in [0.5, 0.6) is 0 Å². The molecule has 1 fully saturated rings. The van der Waals surface area contributed by atoms with E-state index in [0.717, 1.165) is 25.8 Å². The van der Waals surface area contributed by atoms with Crippen LogP contribution in [0.25, 0.3) is 0 Å². The Hall–Kier alpha value is -1.68. The molecule has 0 bridgehead atoms. The van der Waals surface area contributed by atoms with Crippen LogP contribution in [0.1, 0.15) is 62.4 Å². The molecule has 0 spiro atoms. The molecule has 2 atom stereocenters. The molecule has 4 nitrogen and oxygen atoms in total. The first-order chi connectivity index (χ1) is 11.4. The van der Waals surface area contributed by atoms with E-state index in [0.29, 0.717) is 17.5 Å². The second-order valence-corrected chi connectivity index (χ2v) is 7.36. The quantitative estimate of drug-likeness (QED) is 0.755. The summed E-state index contributed by atoms with van der Waals surface area (Å²) in [6.07, 6.45) is 3.48. The maximum Gasteiger partial charge on any atom is 0.220 e. The number of ketones is 1. The molecule has 0 radical (unpaired) electrons. The van der Waals surface area contributed by atoms with Crippen LogP contribution in [0.2, 0.25) is 0 Å². The van der Waals surface area contributed by atoms with E-state index >= 15 is 0 Å². The molecule has 1 heterocycles. The molecule has 1 amide bonds. The van der Waals surface area contributed by atoms with Crippen molar-refractivity contribution in [2.24, 2.45) is 5.92 Å². The lowest BCUT2D eigenvalue weighted by molar-refractivity contribution is -0.122. The van der Waals surface area contributed by atoms with Gasteiger partial charge in [0.15, 0.2) is 5.78 Å². The number of amides is 1. The number of Topliss-reactive ketones (excluding diaryl/α,β-unsaturated/α-hetero) is 1. The van der Waals surface area contributed by atoms with Crippen molar-refractivity contribution in [1.29, 1.82) is 0 Å². The van der Waals surface area contributed by atoms with E-state index in [2.05, 4.69) is 31.4 Å². The SMILES string of the molecule is CC(C)Cc1ccc(C(=O)CCC(=O)NC2CCNC(C)C2)cc1. The van der Waals surface area contributed by atoms with Crippen LogP contribution in [0.4, 0.5) is 0 Å². The molecule has 1 saturated heterocycles. The van der Waals surface area contributed by atoms with E-state index in [1.54, 1.807) is 0 Å². The largest absolute Gasteiger partial charge is 0.353 e. The molecule has 0 saturated carbocycles. The molecule has 1 aliphatic heterocycles. The molecule has 4 heteroatoms. The van der Waals surface area contributed by atoms with Gasteiger partial charge in [-0.25, -0.2) is 0 Å². The Labute approximate surface area is 145 Å². The summed E-state index contributed by atoms with van der Waals surface area (Å²) in [5.41, 5.74) is 1.95. The van der Waals surface area contributed by atoms with E-state index in [4.69, 9.17) is 0 Å². The van der Waals surface area contributed by atoms with Gasteiger partial charge in [0.2, 0.25) is 5.91 Å². The molecule has 2 unspecified atom stereocenters. The molecule has 0 aliphatic carbocycles. The summed E-state index contributed by atoms with van der Waals surface area (Å²) < 4.78 is 0. The third kappa shape index (κ3) is 6.08. The Balaban J connectivity index is 1.76. The van der Waals surface area contributed by atoms with Crippen molar-refractivity contribution < 1.29 is 9.59 Å². The highest BCUT2D eigenvalue weighted by atomic mass is 16.2. The molecule has 1 aromatic carbocycles. The van der Waals surface area contributed by atoms with Crippen LogP contribution in [0.3, 0.4) is 0 Å². The second-order valence-electron chi connectivity index (χ2n) is 7.36. The monoisotopic (exact) mass is 330 g/mol. The number of hydrogen-bond donors (Lipinski definition) is 2. The number of benzene rings is 1. The number of carbonyl (C=O) groups excluding carboxylic acids is 2. The van der Waals surface area contributed by atoms with Gasteiger partial charge in [-0.15, -0.1) is 0 Å². The van der Waals surface area contributed by atoms with E-state index in [9.17, 15) is 9.59 Å². The van der Waals surface area contributed by atoms with E-state index in [1.165, 1.54) is 5.56 Å². The highest BCUT2D eigenvalue weighted by molar-refractivity contribution is 5.98. The molecule has 2 N–H and O–H groups in total. The summed E-state index contributed by atoms with van der Waals surface area (Å²) in [5, 5.41) is 6.42. The fourth-order valence-corrected chi connectivity index (χ4v) is 3.23. The summed E-state index contributed by atoms with van der Waals surface area (Å²) in [4.78, 5) is 24.3. The first-order valence-corrected chi connectivity index (χ1v) is 9.09. The van der Waals surface area contributed by atoms with E-state index in [-0.39, 0.29) is 30.6 Å². The highest BCUT2D eigenvalue weighted by Crippen LogP contribution is 2.13. The fourth-order valence-electron chi connectivity index (χ4n) is 3.23. The molecular weight excluding hydrogens is 300 g/mol. The predicted octanol–water partition coefficient (Wildman–Crippen LogP) is 3.10. The van der Waals surface area contributed by atoms with Gasteiger partial charge in [0.25, 0.3) is 0 Å². The highest BCUT2D eigenvalue weighted by Gasteiger charge is 2.20. The molecule has 1 aromatic rings. The molecule has 0 aromatic heterocycles. The van der Waals surface area contributed by atoms with Crippen LogP contribution in [-0.2, 0) is 11.2 Å². The van der Waals surface area contributed by atoms with Crippen LogP contribution >= 0.6 is 0 Å². The minimum absolute atomic E-state index is 0.0149. The van der Waals surface area contributed by atoms with E-state index < -0.39 is 0 Å². The van der Waals surface area contributed by atoms with Crippen molar-refractivity contribution in [2.45, 2.75) is 65.0 Å². The Morgan fingerprint density at radius 3 is 2.54 bits per heavy atom. The number of carbonyl (C=O) groups is 2. The zero-order chi connectivity index (χ0) is 17.5. The van der Waals surface area contributed by atoms with Crippen molar-refractivity contribution in [2.75, 3.05) is 6.54 Å². The zero-order valence-corrected chi connectivity index (χ0v) is 15.1. The molecule has 24 heavy (non-hydrogen) atoms. The average Bonchev–Trinajstić information content (AvgIpc) is 2.53. The smallest absolute Gasteiger partial charge is 0.220 e. The van der Waals surface area contributed by atoms with Crippen molar-refractivity contribution in [1.82, 2.24) is 10.6 Å². The van der Waals surface area contributed by atoms with Gasteiger partial charge in [0, 0.05) is 30.5 Å². The van der Waals surface area contributed by atoms with Gasteiger partial charge in [0.1, 0.15) is 0 Å². The van der Waals surface area contributed by atoms with Crippen LogP contribution in [0, 0.1) is 5.92 Å². The Kier molecular flexibility index (Phi) is 6.98. The van der Waals surface area contributed by atoms with Crippen LogP contribution in [0.15, 0.2) is 24.3 Å². The summed E-state index contributed by atoms with van der Waals surface area (Å²) in [6, 6.07) is 8.47. The normalized spacial score (nSPS) is 20.8. The maximum absolute atomic E-state index is 12.2. The van der Waals surface area contributed by atoms with Crippen LogP contribution < -0.4 is 10.6 Å². The molecular formula is C20H30N2O2. The summed E-state index contributed by atoms with van der Waals surface area (Å²) in [6.45, 7) is 7.43. The van der Waals surface area contributed by atoms with Gasteiger partial charge in [-0.3, -0.25) is 9.59 Å². The Morgan fingerprint density at radius 1 is 1.21 bits per heavy atom. The van der Waals surface area contributed by atoms with Gasteiger partial charge < -0.3 is 10.6 Å². The van der Waals surface area contributed by atoms with Crippen molar-refractivity contribution in [3.8, 4) is 0 Å².